The Labute approximate surface area is 126 Å². The van der Waals surface area contributed by atoms with Gasteiger partial charge in [-0.2, -0.15) is 0 Å². The fraction of sp³-hybridized carbons (Fsp3) is 0.625. The highest BCUT2D eigenvalue weighted by atomic mass is 32.2. The first-order valence-corrected chi connectivity index (χ1v) is 9.52. The second-order valence-corrected chi connectivity index (χ2v) is 8.53. The molecule has 0 spiro atoms. The molecule has 0 saturated carbocycles. The summed E-state index contributed by atoms with van der Waals surface area (Å²) in [7, 11) is -3.05. The van der Waals surface area contributed by atoms with Gasteiger partial charge in [-0.25, -0.2) is 8.42 Å². The average molecular weight is 309 g/mol. The second kappa shape index (κ2) is 6.07. The molecule has 3 rings (SSSR count). The van der Waals surface area contributed by atoms with Crippen molar-refractivity contribution in [2.45, 2.75) is 31.4 Å². The number of aliphatic hydroxyl groups is 1. The molecular weight excluding hydrogens is 286 g/mol. The van der Waals surface area contributed by atoms with Crippen LogP contribution in [0.1, 0.15) is 18.4 Å². The molecule has 5 heteroatoms. The third-order valence-corrected chi connectivity index (χ3v) is 6.48. The Kier molecular flexibility index (Phi) is 4.33. The van der Waals surface area contributed by atoms with Crippen molar-refractivity contribution in [2.75, 3.05) is 24.6 Å². The van der Waals surface area contributed by atoms with Crippen molar-refractivity contribution in [3.63, 3.8) is 0 Å². The third-order valence-electron chi connectivity index (χ3n) is 4.78. The Bertz CT molecular complexity index is 564. The van der Waals surface area contributed by atoms with E-state index in [9.17, 15) is 13.5 Å². The van der Waals surface area contributed by atoms with Crippen molar-refractivity contribution in [1.29, 1.82) is 0 Å². The van der Waals surface area contributed by atoms with E-state index in [4.69, 9.17) is 0 Å². The Morgan fingerprint density at radius 1 is 1.10 bits per heavy atom. The Balaban J connectivity index is 1.54. The van der Waals surface area contributed by atoms with E-state index in [0.29, 0.717) is 5.92 Å². The molecule has 0 radical (unpaired) electrons. The Hall–Kier alpha value is -0.910. The van der Waals surface area contributed by atoms with Gasteiger partial charge in [-0.3, -0.25) is 4.90 Å². The maximum Gasteiger partial charge on any atom is 0.154 e. The van der Waals surface area contributed by atoms with Crippen molar-refractivity contribution in [1.82, 2.24) is 4.90 Å². The van der Waals surface area contributed by atoms with Crippen LogP contribution in [0, 0.1) is 5.92 Å². The van der Waals surface area contributed by atoms with Crippen LogP contribution >= 0.6 is 0 Å². The Morgan fingerprint density at radius 3 is 2.33 bits per heavy atom. The lowest BCUT2D eigenvalue weighted by atomic mass is 9.89. The van der Waals surface area contributed by atoms with Gasteiger partial charge in [-0.15, -0.1) is 0 Å². The molecule has 2 aliphatic heterocycles. The zero-order valence-corrected chi connectivity index (χ0v) is 13.0. The smallest absolute Gasteiger partial charge is 0.154 e. The number of hydrogen-bond donors (Lipinski definition) is 1. The largest absolute Gasteiger partial charge is 0.390 e. The predicted molar refractivity (Wildman–Crippen MR) is 82.9 cm³/mol. The summed E-state index contributed by atoms with van der Waals surface area (Å²) in [6, 6.07) is 10.3. The first-order chi connectivity index (χ1) is 10.0. The maximum absolute atomic E-state index is 11.6. The van der Waals surface area contributed by atoms with Crippen LogP contribution in [0.4, 0.5) is 0 Å². The van der Waals surface area contributed by atoms with Gasteiger partial charge in [-0.1, -0.05) is 30.3 Å². The fourth-order valence-electron chi connectivity index (χ4n) is 3.60. The van der Waals surface area contributed by atoms with Crippen molar-refractivity contribution >= 4 is 9.84 Å². The van der Waals surface area contributed by atoms with Crippen LogP contribution in [-0.2, 0) is 16.3 Å². The van der Waals surface area contributed by atoms with Crippen LogP contribution in [0.3, 0.4) is 0 Å². The second-order valence-electron chi connectivity index (χ2n) is 6.38. The van der Waals surface area contributed by atoms with E-state index in [1.807, 2.05) is 6.07 Å². The SMILES string of the molecule is O=S1(=O)C[C@H](O)[C@@H](N2CCC(Cc3ccccc3)CC2)C1. The third kappa shape index (κ3) is 3.65. The molecule has 21 heavy (non-hydrogen) atoms. The molecule has 4 nitrogen and oxygen atoms in total. The number of benzene rings is 1. The Morgan fingerprint density at radius 2 is 1.76 bits per heavy atom. The minimum atomic E-state index is -3.05. The summed E-state index contributed by atoms with van der Waals surface area (Å²) in [5.74, 6) is 0.720. The molecule has 2 aliphatic rings. The van der Waals surface area contributed by atoms with Crippen molar-refractivity contribution in [3.05, 3.63) is 35.9 Å². The number of piperidine rings is 1. The number of nitrogens with zero attached hydrogens (tertiary/aromatic N) is 1. The minimum Gasteiger partial charge on any atom is -0.390 e. The maximum atomic E-state index is 11.6. The first kappa shape index (κ1) is 15.0. The van der Waals surface area contributed by atoms with Crippen molar-refractivity contribution in [3.8, 4) is 0 Å². The van der Waals surface area contributed by atoms with E-state index in [2.05, 4.69) is 29.2 Å². The van der Waals surface area contributed by atoms with Gasteiger partial charge in [0.25, 0.3) is 0 Å². The monoisotopic (exact) mass is 309 g/mol. The summed E-state index contributed by atoms with van der Waals surface area (Å²) in [6.45, 7) is 1.80. The lowest BCUT2D eigenvalue weighted by molar-refractivity contribution is 0.0587. The van der Waals surface area contributed by atoms with Gasteiger partial charge < -0.3 is 5.11 Å². The quantitative estimate of drug-likeness (QED) is 0.908. The summed E-state index contributed by atoms with van der Waals surface area (Å²) >= 11 is 0. The van der Waals surface area contributed by atoms with Crippen LogP contribution in [0.2, 0.25) is 0 Å². The molecule has 0 aromatic heterocycles. The van der Waals surface area contributed by atoms with E-state index < -0.39 is 15.9 Å². The molecule has 2 fully saturated rings. The summed E-state index contributed by atoms with van der Waals surface area (Å²) in [5, 5.41) is 9.96. The van der Waals surface area contributed by atoms with Gasteiger partial charge in [0, 0.05) is 0 Å². The topological polar surface area (TPSA) is 57.6 Å². The normalized spacial score (nSPS) is 30.5. The van der Waals surface area contributed by atoms with Crippen molar-refractivity contribution in [2.24, 2.45) is 5.92 Å². The van der Waals surface area contributed by atoms with E-state index in [0.717, 1.165) is 32.4 Å². The summed E-state index contributed by atoms with van der Waals surface area (Å²) in [6.07, 6.45) is 2.55. The minimum absolute atomic E-state index is 0.0678. The standard InChI is InChI=1S/C16H23NO3S/c18-16-12-21(19,20)11-15(16)17-8-6-14(7-9-17)10-13-4-2-1-3-5-13/h1-5,14-16,18H,6-12H2/t15-,16-/m0/s1. The lowest BCUT2D eigenvalue weighted by Crippen LogP contribution is -2.47. The number of hydrogen-bond acceptors (Lipinski definition) is 4. The summed E-state index contributed by atoms with van der Waals surface area (Å²) < 4.78 is 23.2. The molecule has 0 amide bonds. The molecule has 2 saturated heterocycles. The van der Waals surface area contributed by atoms with E-state index >= 15 is 0 Å². The van der Waals surface area contributed by atoms with E-state index in [1.165, 1.54) is 5.56 Å². The highest BCUT2D eigenvalue weighted by molar-refractivity contribution is 7.91. The molecule has 1 N–H and O–H groups in total. The number of sulfone groups is 1. The van der Waals surface area contributed by atoms with Gasteiger partial charge in [0.1, 0.15) is 0 Å². The molecule has 2 atom stereocenters. The molecular formula is C16H23NO3S. The van der Waals surface area contributed by atoms with Crippen molar-refractivity contribution < 1.29 is 13.5 Å². The zero-order valence-electron chi connectivity index (χ0n) is 12.2. The molecule has 1 aromatic rings. The average Bonchev–Trinajstić information content (AvgIpc) is 2.74. The van der Waals surface area contributed by atoms with E-state index in [-0.39, 0.29) is 17.5 Å². The molecule has 116 valence electrons. The number of aliphatic hydroxyl groups excluding tert-OH is 1. The number of likely N-dealkylation sites (tertiary alicyclic amines) is 1. The fourth-order valence-corrected chi connectivity index (χ4v) is 5.43. The molecule has 1 aromatic carbocycles. The predicted octanol–water partition coefficient (Wildman–Crippen LogP) is 1.10. The van der Waals surface area contributed by atoms with Gasteiger partial charge >= 0.3 is 0 Å². The first-order valence-electron chi connectivity index (χ1n) is 7.70. The van der Waals surface area contributed by atoms with Crippen LogP contribution in [-0.4, -0.2) is 55.2 Å². The summed E-state index contributed by atoms with van der Waals surface area (Å²) in [5.41, 5.74) is 1.37. The van der Waals surface area contributed by atoms with Gasteiger partial charge in [-0.05, 0) is 43.8 Å². The molecule has 0 unspecified atom stereocenters. The van der Waals surface area contributed by atoms with Crippen LogP contribution in [0.5, 0.6) is 0 Å². The lowest BCUT2D eigenvalue weighted by Gasteiger charge is -2.36. The van der Waals surface area contributed by atoms with Gasteiger partial charge in [0.15, 0.2) is 9.84 Å². The summed E-state index contributed by atoms with van der Waals surface area (Å²) in [4.78, 5) is 2.18. The number of rotatable bonds is 3. The van der Waals surface area contributed by atoms with Gasteiger partial charge in [0.2, 0.25) is 0 Å². The molecule has 0 bridgehead atoms. The highest BCUT2D eigenvalue weighted by Crippen LogP contribution is 2.26. The van der Waals surface area contributed by atoms with Crippen LogP contribution in [0.25, 0.3) is 0 Å². The molecule has 0 aliphatic carbocycles. The zero-order chi connectivity index (χ0) is 14.9. The molecule has 2 heterocycles. The van der Waals surface area contributed by atoms with E-state index in [1.54, 1.807) is 0 Å². The highest BCUT2D eigenvalue weighted by Gasteiger charge is 2.40. The van der Waals surface area contributed by atoms with Gasteiger partial charge in [0.05, 0.1) is 23.7 Å². The van der Waals surface area contributed by atoms with Crippen LogP contribution < -0.4 is 0 Å². The van der Waals surface area contributed by atoms with Crippen LogP contribution in [0.15, 0.2) is 30.3 Å².